The molecule has 1 saturated heterocycles. The van der Waals surface area contributed by atoms with Gasteiger partial charge in [0.15, 0.2) is 0 Å². The van der Waals surface area contributed by atoms with Crippen LogP contribution >= 0.6 is 0 Å². The molecule has 1 aliphatic heterocycles. The first kappa shape index (κ1) is 16.4. The first-order valence-electron chi connectivity index (χ1n) is 8.47. The molecule has 5 heteroatoms. The van der Waals surface area contributed by atoms with Gasteiger partial charge in [-0.15, -0.1) is 0 Å². The van der Waals surface area contributed by atoms with Crippen LogP contribution < -0.4 is 10.2 Å². The van der Waals surface area contributed by atoms with E-state index in [1.54, 1.807) is 12.3 Å². The van der Waals surface area contributed by atoms with E-state index in [4.69, 9.17) is 0 Å². The van der Waals surface area contributed by atoms with Gasteiger partial charge >= 0.3 is 0 Å². The Morgan fingerprint density at radius 3 is 2.75 bits per heavy atom. The monoisotopic (exact) mass is 327 g/mol. The highest BCUT2D eigenvalue weighted by Gasteiger charge is 2.19. The van der Waals surface area contributed by atoms with Crippen LogP contribution in [0, 0.1) is 5.82 Å². The number of rotatable bonds is 6. The molecule has 2 aromatic rings. The fourth-order valence-corrected chi connectivity index (χ4v) is 3.04. The topological polar surface area (TPSA) is 45.2 Å². The van der Waals surface area contributed by atoms with Crippen LogP contribution in [0.5, 0.6) is 0 Å². The number of anilines is 2. The van der Waals surface area contributed by atoms with Crippen LogP contribution in [0.3, 0.4) is 0 Å². The SMILES string of the molecule is O=C(CCCc1ccccn1)Nc1c(F)cccc1N1CCCC1. The van der Waals surface area contributed by atoms with Gasteiger partial charge in [-0.1, -0.05) is 12.1 Å². The summed E-state index contributed by atoms with van der Waals surface area (Å²) in [6.45, 7) is 1.82. The zero-order valence-electron chi connectivity index (χ0n) is 13.7. The predicted octanol–water partition coefficient (Wildman–Crippen LogP) is 3.78. The summed E-state index contributed by atoms with van der Waals surface area (Å²) in [5, 5.41) is 2.77. The molecular weight excluding hydrogens is 305 g/mol. The summed E-state index contributed by atoms with van der Waals surface area (Å²) >= 11 is 0. The minimum atomic E-state index is -0.377. The molecule has 1 aromatic carbocycles. The van der Waals surface area contributed by atoms with Crippen LogP contribution in [0.1, 0.15) is 31.4 Å². The molecule has 126 valence electrons. The normalized spacial score (nSPS) is 14.0. The van der Waals surface area contributed by atoms with E-state index in [9.17, 15) is 9.18 Å². The van der Waals surface area contributed by atoms with E-state index in [0.29, 0.717) is 18.5 Å². The lowest BCUT2D eigenvalue weighted by Crippen LogP contribution is -2.22. The first-order valence-corrected chi connectivity index (χ1v) is 8.47. The Kier molecular flexibility index (Phi) is 5.41. The van der Waals surface area contributed by atoms with Crippen molar-refractivity contribution in [2.24, 2.45) is 0 Å². The van der Waals surface area contributed by atoms with Crippen molar-refractivity contribution in [3.05, 3.63) is 54.1 Å². The average Bonchev–Trinajstić information content (AvgIpc) is 3.12. The Balaban J connectivity index is 1.59. The second-order valence-corrected chi connectivity index (χ2v) is 6.05. The van der Waals surface area contributed by atoms with Crippen LogP contribution in [0.15, 0.2) is 42.6 Å². The zero-order chi connectivity index (χ0) is 16.8. The number of aromatic nitrogens is 1. The van der Waals surface area contributed by atoms with E-state index in [0.717, 1.165) is 43.7 Å². The van der Waals surface area contributed by atoms with Crippen molar-refractivity contribution >= 4 is 17.3 Å². The largest absolute Gasteiger partial charge is 0.370 e. The molecule has 0 bridgehead atoms. The molecule has 0 radical (unpaired) electrons. The van der Waals surface area contributed by atoms with Crippen LogP contribution in [-0.2, 0) is 11.2 Å². The number of pyridine rings is 1. The number of hydrogen-bond acceptors (Lipinski definition) is 3. The summed E-state index contributed by atoms with van der Waals surface area (Å²) in [5.41, 5.74) is 2.06. The van der Waals surface area contributed by atoms with Crippen molar-refractivity contribution in [1.29, 1.82) is 0 Å². The van der Waals surface area contributed by atoms with E-state index in [2.05, 4.69) is 15.2 Å². The van der Waals surface area contributed by atoms with E-state index in [-0.39, 0.29) is 11.7 Å². The van der Waals surface area contributed by atoms with Gasteiger partial charge in [0.25, 0.3) is 0 Å². The Bertz CT molecular complexity index is 684. The minimum absolute atomic E-state index is 0.156. The second-order valence-electron chi connectivity index (χ2n) is 6.05. The predicted molar refractivity (Wildman–Crippen MR) is 93.7 cm³/mol. The number of nitrogens with zero attached hydrogens (tertiary/aromatic N) is 2. The lowest BCUT2D eigenvalue weighted by Gasteiger charge is -2.22. The van der Waals surface area contributed by atoms with Gasteiger partial charge in [-0.25, -0.2) is 4.39 Å². The molecule has 24 heavy (non-hydrogen) atoms. The fraction of sp³-hybridized carbons (Fsp3) is 0.368. The molecule has 1 N–H and O–H groups in total. The highest BCUT2D eigenvalue weighted by atomic mass is 19.1. The Labute approximate surface area is 141 Å². The second kappa shape index (κ2) is 7.90. The van der Waals surface area contributed by atoms with E-state index < -0.39 is 0 Å². The van der Waals surface area contributed by atoms with E-state index in [1.165, 1.54) is 6.07 Å². The maximum atomic E-state index is 14.2. The number of halogens is 1. The summed E-state index contributed by atoms with van der Waals surface area (Å²) in [6, 6.07) is 10.7. The smallest absolute Gasteiger partial charge is 0.224 e. The van der Waals surface area contributed by atoms with Crippen molar-refractivity contribution in [3.63, 3.8) is 0 Å². The van der Waals surface area contributed by atoms with Crippen LogP contribution in [-0.4, -0.2) is 24.0 Å². The Morgan fingerprint density at radius 2 is 2.00 bits per heavy atom. The molecule has 4 nitrogen and oxygen atoms in total. The van der Waals surface area contributed by atoms with Gasteiger partial charge in [0.1, 0.15) is 11.5 Å². The summed E-state index contributed by atoms with van der Waals surface area (Å²) < 4.78 is 14.2. The summed E-state index contributed by atoms with van der Waals surface area (Å²) in [6.07, 6.45) is 5.74. The number of benzene rings is 1. The quantitative estimate of drug-likeness (QED) is 0.878. The summed E-state index contributed by atoms with van der Waals surface area (Å²) in [5.74, 6) is -0.533. The van der Waals surface area contributed by atoms with Gasteiger partial charge < -0.3 is 10.2 Å². The number of carbonyl (C=O) groups excluding carboxylic acids is 1. The lowest BCUT2D eigenvalue weighted by molar-refractivity contribution is -0.116. The number of para-hydroxylation sites is 1. The molecule has 3 rings (SSSR count). The maximum Gasteiger partial charge on any atom is 0.224 e. The number of carbonyl (C=O) groups is 1. The van der Waals surface area contributed by atoms with Gasteiger partial charge in [-0.2, -0.15) is 0 Å². The van der Waals surface area contributed by atoms with Gasteiger partial charge in [0, 0.05) is 31.4 Å². The third kappa shape index (κ3) is 4.10. The third-order valence-corrected chi connectivity index (χ3v) is 4.27. The first-order chi connectivity index (χ1) is 11.7. The molecule has 1 aromatic heterocycles. The lowest BCUT2D eigenvalue weighted by atomic mass is 10.1. The summed E-state index contributed by atoms with van der Waals surface area (Å²) in [4.78, 5) is 18.6. The van der Waals surface area contributed by atoms with Crippen molar-refractivity contribution in [1.82, 2.24) is 4.98 Å². The average molecular weight is 327 g/mol. The molecule has 0 unspecified atom stereocenters. The molecule has 1 fully saturated rings. The number of amides is 1. The Morgan fingerprint density at radius 1 is 1.17 bits per heavy atom. The molecule has 0 aliphatic carbocycles. The standard InChI is InChI=1S/C19H22FN3O/c20-16-9-6-10-17(23-13-3-4-14-23)19(16)22-18(24)11-5-8-15-7-1-2-12-21-15/h1-2,6-7,9-10,12H,3-5,8,11,13-14H2,(H,22,24). The van der Waals surface area contributed by atoms with Crippen LogP contribution in [0.4, 0.5) is 15.8 Å². The third-order valence-electron chi connectivity index (χ3n) is 4.27. The molecular formula is C19H22FN3O. The number of hydrogen-bond donors (Lipinski definition) is 1. The maximum absolute atomic E-state index is 14.2. The van der Waals surface area contributed by atoms with Crippen LogP contribution in [0.2, 0.25) is 0 Å². The fourth-order valence-electron chi connectivity index (χ4n) is 3.04. The molecule has 0 spiro atoms. The summed E-state index contributed by atoms with van der Waals surface area (Å²) in [7, 11) is 0. The molecule has 0 atom stereocenters. The van der Waals surface area contributed by atoms with Crippen LogP contribution in [0.25, 0.3) is 0 Å². The minimum Gasteiger partial charge on any atom is -0.370 e. The highest BCUT2D eigenvalue weighted by Crippen LogP contribution is 2.31. The van der Waals surface area contributed by atoms with Crippen molar-refractivity contribution < 1.29 is 9.18 Å². The van der Waals surface area contributed by atoms with Crippen molar-refractivity contribution in [3.8, 4) is 0 Å². The van der Waals surface area contributed by atoms with Gasteiger partial charge in [-0.05, 0) is 49.9 Å². The van der Waals surface area contributed by atoms with Crippen molar-refractivity contribution in [2.45, 2.75) is 32.1 Å². The van der Waals surface area contributed by atoms with E-state index >= 15 is 0 Å². The van der Waals surface area contributed by atoms with Crippen molar-refractivity contribution in [2.75, 3.05) is 23.3 Å². The van der Waals surface area contributed by atoms with Gasteiger partial charge in [-0.3, -0.25) is 9.78 Å². The van der Waals surface area contributed by atoms with E-state index in [1.807, 2.05) is 24.3 Å². The number of nitrogens with one attached hydrogen (secondary N) is 1. The molecule has 2 heterocycles. The molecule has 1 aliphatic rings. The highest BCUT2D eigenvalue weighted by molar-refractivity contribution is 5.94. The zero-order valence-corrected chi connectivity index (χ0v) is 13.7. The van der Waals surface area contributed by atoms with Gasteiger partial charge in [0.05, 0.1) is 5.69 Å². The number of aryl methyl sites for hydroxylation is 1. The van der Waals surface area contributed by atoms with Gasteiger partial charge in [0.2, 0.25) is 5.91 Å². The molecule has 0 saturated carbocycles. The molecule has 1 amide bonds. The Hall–Kier alpha value is -2.43.